The summed E-state index contributed by atoms with van der Waals surface area (Å²) in [5.74, 6) is -0.886. The number of nitrogens with one attached hydrogen (secondary N) is 1. The summed E-state index contributed by atoms with van der Waals surface area (Å²) in [4.78, 5) is 27.7. The molecule has 0 aromatic carbocycles. The van der Waals surface area contributed by atoms with Gasteiger partial charge in [-0.3, -0.25) is 4.79 Å². The lowest BCUT2D eigenvalue weighted by Gasteiger charge is -2.15. The molecule has 5 nitrogen and oxygen atoms in total. The number of amides is 1. The zero-order valence-corrected chi connectivity index (χ0v) is 13.9. The van der Waals surface area contributed by atoms with Gasteiger partial charge in [-0.25, -0.2) is 9.78 Å². The van der Waals surface area contributed by atoms with Gasteiger partial charge in [0, 0.05) is 12.7 Å². The molecule has 1 heterocycles. The van der Waals surface area contributed by atoms with Gasteiger partial charge in [-0.15, -0.1) is 0 Å². The Morgan fingerprint density at radius 1 is 1.39 bits per heavy atom. The largest absolute Gasteiger partial charge is 0.449 e. The summed E-state index contributed by atoms with van der Waals surface area (Å²) >= 11 is 5.66. The van der Waals surface area contributed by atoms with Crippen LogP contribution in [0.1, 0.15) is 49.4 Å². The van der Waals surface area contributed by atoms with Crippen molar-refractivity contribution < 1.29 is 14.3 Å². The predicted octanol–water partition coefficient (Wildman–Crippen LogP) is 3.29. The molecule has 1 aliphatic rings. The lowest BCUT2D eigenvalue weighted by molar-refractivity contribution is -0.129. The van der Waals surface area contributed by atoms with Gasteiger partial charge in [0.2, 0.25) is 0 Å². The lowest BCUT2D eigenvalue weighted by atomic mass is 9.97. The van der Waals surface area contributed by atoms with Gasteiger partial charge < -0.3 is 10.1 Å². The van der Waals surface area contributed by atoms with E-state index >= 15 is 0 Å². The van der Waals surface area contributed by atoms with Crippen molar-refractivity contribution in [1.29, 1.82) is 0 Å². The third-order valence-corrected chi connectivity index (χ3v) is 3.97. The summed E-state index contributed by atoms with van der Waals surface area (Å²) in [5, 5.41) is 3.10. The molecule has 0 unspecified atom stereocenters. The monoisotopic (exact) mass is 336 g/mol. The minimum absolute atomic E-state index is 0.265. The Hall–Kier alpha value is -1.88. The first-order valence-electron chi connectivity index (χ1n) is 7.84. The Labute approximate surface area is 141 Å². The quantitative estimate of drug-likeness (QED) is 0.491. The minimum atomic E-state index is -0.849. The van der Waals surface area contributed by atoms with Crippen molar-refractivity contribution in [3.05, 3.63) is 40.7 Å². The molecule has 0 saturated carbocycles. The number of carbonyl (C=O) groups is 2. The first kappa shape index (κ1) is 17.5. The molecule has 6 heteroatoms. The molecule has 1 aromatic heterocycles. The average Bonchev–Trinajstić information content (AvgIpc) is 2.56. The van der Waals surface area contributed by atoms with Gasteiger partial charge in [-0.1, -0.05) is 23.3 Å². The van der Waals surface area contributed by atoms with Crippen molar-refractivity contribution in [2.24, 2.45) is 0 Å². The molecular weight excluding hydrogens is 316 g/mol. The summed E-state index contributed by atoms with van der Waals surface area (Å²) in [6.45, 7) is 2.12. The summed E-state index contributed by atoms with van der Waals surface area (Å²) in [6, 6.07) is 3.01. The highest BCUT2D eigenvalue weighted by atomic mass is 35.5. The van der Waals surface area contributed by atoms with Crippen LogP contribution in [0.2, 0.25) is 5.15 Å². The van der Waals surface area contributed by atoms with Crippen LogP contribution in [0.15, 0.2) is 30.0 Å². The first-order chi connectivity index (χ1) is 11.1. The Morgan fingerprint density at radius 2 is 2.22 bits per heavy atom. The number of carbonyl (C=O) groups excluding carboxylic acids is 2. The summed E-state index contributed by atoms with van der Waals surface area (Å²) in [5.41, 5.74) is 1.66. The maximum Gasteiger partial charge on any atom is 0.340 e. The molecule has 1 aromatic rings. The van der Waals surface area contributed by atoms with E-state index < -0.39 is 12.1 Å². The summed E-state index contributed by atoms with van der Waals surface area (Å²) in [7, 11) is 0. The van der Waals surface area contributed by atoms with Crippen molar-refractivity contribution >= 4 is 23.5 Å². The fourth-order valence-electron chi connectivity index (χ4n) is 2.40. The fourth-order valence-corrected chi connectivity index (χ4v) is 2.51. The topological polar surface area (TPSA) is 68.3 Å². The van der Waals surface area contributed by atoms with E-state index in [0.717, 1.165) is 19.3 Å². The number of rotatable bonds is 6. The second kappa shape index (κ2) is 8.67. The molecule has 2 rings (SSSR count). The van der Waals surface area contributed by atoms with Gasteiger partial charge in [0.15, 0.2) is 6.10 Å². The molecule has 23 heavy (non-hydrogen) atoms. The van der Waals surface area contributed by atoms with Crippen LogP contribution in [0.25, 0.3) is 0 Å². The van der Waals surface area contributed by atoms with E-state index in [4.69, 9.17) is 16.3 Å². The second-order valence-corrected chi connectivity index (χ2v) is 5.95. The molecule has 1 aliphatic carbocycles. The molecule has 1 amide bonds. The zero-order chi connectivity index (χ0) is 16.7. The second-order valence-electron chi connectivity index (χ2n) is 5.57. The van der Waals surface area contributed by atoms with E-state index in [9.17, 15) is 9.59 Å². The SMILES string of the molecule is C[C@@H](OC(=O)c1ccc(Cl)nc1)C(=O)NCCC1=CCCCC1. The number of ether oxygens (including phenoxy) is 1. The Kier molecular flexibility index (Phi) is 6.59. The maximum absolute atomic E-state index is 12.0. The van der Waals surface area contributed by atoms with E-state index in [-0.39, 0.29) is 11.5 Å². The molecule has 1 atom stereocenters. The first-order valence-corrected chi connectivity index (χ1v) is 8.22. The number of pyridine rings is 1. The lowest BCUT2D eigenvalue weighted by Crippen LogP contribution is -2.36. The smallest absolute Gasteiger partial charge is 0.340 e. The molecule has 0 saturated heterocycles. The number of esters is 1. The van der Waals surface area contributed by atoms with Crippen molar-refractivity contribution in [3.63, 3.8) is 0 Å². The van der Waals surface area contributed by atoms with Gasteiger partial charge in [-0.2, -0.15) is 0 Å². The average molecular weight is 337 g/mol. The third-order valence-electron chi connectivity index (χ3n) is 3.75. The van der Waals surface area contributed by atoms with Crippen LogP contribution in [-0.2, 0) is 9.53 Å². The van der Waals surface area contributed by atoms with E-state index in [1.54, 1.807) is 6.92 Å². The number of aromatic nitrogens is 1. The Bertz CT molecular complexity index is 584. The normalized spacial score (nSPS) is 15.5. The minimum Gasteiger partial charge on any atom is -0.449 e. The van der Waals surface area contributed by atoms with Crippen molar-refractivity contribution in [2.45, 2.75) is 45.1 Å². The highest BCUT2D eigenvalue weighted by Crippen LogP contribution is 2.19. The summed E-state index contributed by atoms with van der Waals surface area (Å²) in [6.07, 6.45) is 8.31. The maximum atomic E-state index is 12.0. The zero-order valence-electron chi connectivity index (χ0n) is 13.2. The fraction of sp³-hybridized carbons (Fsp3) is 0.471. The highest BCUT2D eigenvalue weighted by Gasteiger charge is 2.19. The number of hydrogen-bond acceptors (Lipinski definition) is 4. The van der Waals surface area contributed by atoms with E-state index in [0.29, 0.717) is 11.7 Å². The van der Waals surface area contributed by atoms with Gasteiger partial charge >= 0.3 is 5.97 Å². The van der Waals surface area contributed by atoms with Gasteiger partial charge in [-0.05, 0) is 51.2 Å². The van der Waals surface area contributed by atoms with Crippen molar-refractivity contribution in [3.8, 4) is 0 Å². The van der Waals surface area contributed by atoms with E-state index in [1.807, 2.05) is 0 Å². The number of allylic oxidation sites excluding steroid dienone is 1. The standard InChI is InChI=1S/C17H21ClN2O3/c1-12(23-17(22)14-7-8-15(18)20-11-14)16(21)19-10-9-13-5-3-2-4-6-13/h5,7-8,11-12H,2-4,6,9-10H2,1H3,(H,19,21)/t12-/m1/s1. The van der Waals surface area contributed by atoms with Crippen LogP contribution in [-0.4, -0.2) is 29.5 Å². The Balaban J connectivity index is 1.74. The number of nitrogens with zero attached hydrogens (tertiary/aromatic N) is 1. The predicted molar refractivity (Wildman–Crippen MR) is 88.3 cm³/mol. The molecular formula is C17H21ClN2O3. The van der Waals surface area contributed by atoms with Crippen LogP contribution in [0.4, 0.5) is 0 Å². The molecule has 1 N–H and O–H groups in total. The van der Waals surface area contributed by atoms with Crippen LogP contribution in [0.5, 0.6) is 0 Å². The van der Waals surface area contributed by atoms with Crippen LogP contribution in [0.3, 0.4) is 0 Å². The summed E-state index contributed by atoms with van der Waals surface area (Å²) < 4.78 is 5.13. The van der Waals surface area contributed by atoms with Crippen LogP contribution in [0, 0.1) is 0 Å². The van der Waals surface area contributed by atoms with Gasteiger partial charge in [0.25, 0.3) is 5.91 Å². The third kappa shape index (κ3) is 5.67. The molecule has 0 spiro atoms. The van der Waals surface area contributed by atoms with E-state index in [1.165, 1.54) is 36.7 Å². The molecule has 124 valence electrons. The molecule has 0 bridgehead atoms. The number of hydrogen-bond donors (Lipinski definition) is 1. The van der Waals surface area contributed by atoms with Gasteiger partial charge in [0.1, 0.15) is 5.15 Å². The molecule has 0 aliphatic heterocycles. The van der Waals surface area contributed by atoms with Crippen molar-refractivity contribution in [2.75, 3.05) is 6.54 Å². The highest BCUT2D eigenvalue weighted by molar-refractivity contribution is 6.29. The van der Waals surface area contributed by atoms with Gasteiger partial charge in [0.05, 0.1) is 5.56 Å². The Morgan fingerprint density at radius 3 is 2.87 bits per heavy atom. The molecule has 0 radical (unpaired) electrons. The van der Waals surface area contributed by atoms with Crippen molar-refractivity contribution in [1.82, 2.24) is 10.3 Å². The molecule has 0 fully saturated rings. The van der Waals surface area contributed by atoms with Crippen LogP contribution >= 0.6 is 11.6 Å². The van der Waals surface area contributed by atoms with Crippen LogP contribution < -0.4 is 5.32 Å². The number of halogens is 1. The van der Waals surface area contributed by atoms with E-state index in [2.05, 4.69) is 16.4 Å².